The highest BCUT2D eigenvalue weighted by atomic mass is 16.6. The van der Waals surface area contributed by atoms with E-state index in [0.717, 1.165) is 24.8 Å². The molecule has 0 spiro atoms. The van der Waals surface area contributed by atoms with E-state index in [-0.39, 0.29) is 6.61 Å². The van der Waals surface area contributed by atoms with Crippen LogP contribution in [0.4, 0.5) is 9.59 Å². The number of carboxylic acid groups (broad SMARTS) is 1. The normalized spacial score (nSPS) is 17.7. The third kappa shape index (κ3) is 2.93. The van der Waals surface area contributed by atoms with Gasteiger partial charge in [0, 0.05) is 0 Å². The number of hydrogen-bond donors (Lipinski definition) is 1. The first-order valence-corrected chi connectivity index (χ1v) is 6.47. The molecule has 1 fully saturated rings. The van der Waals surface area contributed by atoms with Gasteiger partial charge >= 0.3 is 12.2 Å². The van der Waals surface area contributed by atoms with Gasteiger partial charge in [0.25, 0.3) is 0 Å². The number of likely N-dealkylation sites (tertiary alicyclic amines) is 1. The van der Waals surface area contributed by atoms with Gasteiger partial charge in [0.2, 0.25) is 0 Å². The molecule has 1 N–H and O–H groups in total. The smallest absolute Gasteiger partial charge is 0.435 e. The summed E-state index contributed by atoms with van der Waals surface area (Å²) in [6.07, 6.45) is 0.687. The zero-order valence-corrected chi connectivity index (χ0v) is 10.7. The van der Waals surface area contributed by atoms with E-state index in [1.807, 2.05) is 30.3 Å². The average molecular weight is 264 g/mol. The molecule has 1 aromatic carbocycles. The third-order valence-corrected chi connectivity index (χ3v) is 3.50. The number of carbonyl (C=O) groups excluding carboxylic acids is 1. The molecule has 102 valence electrons. The largest absolute Gasteiger partial charge is 0.527 e. The van der Waals surface area contributed by atoms with Crippen molar-refractivity contribution >= 4 is 12.2 Å². The van der Waals surface area contributed by atoms with Gasteiger partial charge in [-0.05, 0) is 24.8 Å². The number of rotatable bonds is 2. The van der Waals surface area contributed by atoms with E-state index < -0.39 is 16.7 Å². The Bertz CT molecular complexity index is 452. The Balaban J connectivity index is 2.02. The molecule has 1 saturated heterocycles. The molecular weight excluding hydrogens is 246 g/mol. The van der Waals surface area contributed by atoms with Crippen LogP contribution in [0.5, 0.6) is 0 Å². The van der Waals surface area contributed by atoms with E-state index in [9.17, 15) is 14.7 Å². The topological polar surface area (TPSA) is 63.6 Å². The summed E-state index contributed by atoms with van der Waals surface area (Å²) in [7, 11) is 0. The van der Waals surface area contributed by atoms with Crippen LogP contribution in [0, 0.1) is 0 Å². The second kappa shape index (κ2) is 5.84. The minimum absolute atomic E-state index is 0.118. The van der Waals surface area contributed by atoms with Crippen LogP contribution in [0.2, 0.25) is 0 Å². The van der Waals surface area contributed by atoms with Crippen molar-refractivity contribution in [3.8, 4) is 0 Å². The summed E-state index contributed by atoms with van der Waals surface area (Å²) in [5.74, 6) is 0. The lowest BCUT2D eigenvalue weighted by Gasteiger charge is -2.31. The maximum absolute atomic E-state index is 12.1. The molecule has 0 aromatic heterocycles. The molecule has 0 radical (unpaired) electrons. The van der Waals surface area contributed by atoms with Crippen molar-refractivity contribution in [2.24, 2.45) is 0 Å². The fraction of sp³-hybridized carbons (Fsp3) is 0.429. The van der Waals surface area contributed by atoms with Gasteiger partial charge in [-0.25, -0.2) is 0 Å². The van der Waals surface area contributed by atoms with E-state index >= 15 is 0 Å². The maximum atomic E-state index is 12.1. The van der Waals surface area contributed by atoms with Crippen molar-refractivity contribution in [3.05, 3.63) is 35.9 Å². The maximum Gasteiger partial charge on any atom is 0.527 e. The number of piperidine rings is 1. The van der Waals surface area contributed by atoms with E-state index in [2.05, 4.69) is 0 Å². The summed E-state index contributed by atoms with van der Waals surface area (Å²) < 4.78 is 4.59. The number of ether oxygens (including phenoxy) is 1. The average Bonchev–Trinajstić information content (AvgIpc) is 2.46. The van der Waals surface area contributed by atoms with Crippen molar-refractivity contribution in [1.82, 2.24) is 0 Å². The molecule has 5 nitrogen and oxygen atoms in total. The van der Waals surface area contributed by atoms with Crippen molar-refractivity contribution in [2.45, 2.75) is 25.9 Å². The van der Waals surface area contributed by atoms with E-state index in [1.165, 1.54) is 0 Å². The molecule has 1 heterocycles. The lowest BCUT2D eigenvalue weighted by Crippen LogP contribution is -2.59. The fourth-order valence-electron chi connectivity index (χ4n) is 2.35. The Morgan fingerprint density at radius 3 is 2.32 bits per heavy atom. The summed E-state index contributed by atoms with van der Waals surface area (Å²) in [5, 5.41) is 9.33. The van der Waals surface area contributed by atoms with Gasteiger partial charge in [-0.1, -0.05) is 30.3 Å². The van der Waals surface area contributed by atoms with E-state index in [4.69, 9.17) is 4.74 Å². The summed E-state index contributed by atoms with van der Waals surface area (Å²) in [4.78, 5) is 23.5. The quantitative estimate of drug-likeness (QED) is 0.834. The molecule has 0 atom stereocenters. The zero-order valence-electron chi connectivity index (χ0n) is 10.7. The third-order valence-electron chi connectivity index (χ3n) is 3.50. The number of carbonyl (C=O) groups is 2. The first-order valence-electron chi connectivity index (χ1n) is 6.47. The van der Waals surface area contributed by atoms with Crippen LogP contribution in [0.1, 0.15) is 24.8 Å². The van der Waals surface area contributed by atoms with E-state index in [1.54, 1.807) is 0 Å². The SMILES string of the molecule is O=C(O)[N+]1(C(=O)OCc2ccccc2)CCCCC1. The van der Waals surface area contributed by atoms with Gasteiger partial charge < -0.3 is 9.84 Å². The Hall–Kier alpha value is -1.88. The van der Waals surface area contributed by atoms with Crippen LogP contribution in [-0.2, 0) is 11.3 Å². The predicted octanol–water partition coefficient (Wildman–Crippen LogP) is 3.00. The van der Waals surface area contributed by atoms with Crippen LogP contribution in [0.3, 0.4) is 0 Å². The Kier molecular flexibility index (Phi) is 4.16. The lowest BCUT2D eigenvalue weighted by atomic mass is 10.1. The Morgan fingerprint density at radius 2 is 1.74 bits per heavy atom. The standard InChI is InChI=1S/C14H17NO4/c16-13(17)15(9-5-2-6-10-15)14(18)19-11-12-7-3-1-4-8-12/h1,3-4,7-8H,2,5-6,9-11H2/p+1. The second-order valence-electron chi connectivity index (χ2n) is 4.80. The molecule has 2 amide bonds. The molecule has 1 aliphatic rings. The molecule has 5 heteroatoms. The van der Waals surface area contributed by atoms with Crippen LogP contribution < -0.4 is 0 Å². The Labute approximate surface area is 112 Å². The van der Waals surface area contributed by atoms with E-state index in [0.29, 0.717) is 13.1 Å². The number of amides is 2. The van der Waals surface area contributed by atoms with Crippen LogP contribution >= 0.6 is 0 Å². The first kappa shape index (κ1) is 13.5. The van der Waals surface area contributed by atoms with Crippen LogP contribution in [0.15, 0.2) is 30.3 Å². The molecule has 0 saturated carbocycles. The number of nitrogens with zero attached hydrogens (tertiary/aromatic N) is 1. The van der Waals surface area contributed by atoms with Crippen molar-refractivity contribution < 1.29 is 23.9 Å². The molecule has 0 aliphatic carbocycles. The van der Waals surface area contributed by atoms with Gasteiger partial charge in [0.15, 0.2) is 0 Å². The lowest BCUT2D eigenvalue weighted by molar-refractivity contribution is -0.791. The highest BCUT2D eigenvalue weighted by molar-refractivity contribution is 5.75. The summed E-state index contributed by atoms with van der Waals surface area (Å²) >= 11 is 0. The molecule has 1 aromatic rings. The van der Waals surface area contributed by atoms with Gasteiger partial charge in [0.1, 0.15) is 6.61 Å². The summed E-state index contributed by atoms with van der Waals surface area (Å²) in [6.45, 7) is 0.763. The summed E-state index contributed by atoms with van der Waals surface area (Å²) in [6, 6.07) is 9.27. The molecule has 1 aliphatic heterocycles. The first-order chi connectivity index (χ1) is 9.15. The Morgan fingerprint density at radius 1 is 1.11 bits per heavy atom. The van der Waals surface area contributed by atoms with Crippen molar-refractivity contribution in [3.63, 3.8) is 0 Å². The molecule has 0 bridgehead atoms. The van der Waals surface area contributed by atoms with Gasteiger partial charge in [-0.2, -0.15) is 9.59 Å². The van der Waals surface area contributed by atoms with Gasteiger partial charge in [-0.3, -0.25) is 0 Å². The zero-order chi connectivity index (χ0) is 13.7. The predicted molar refractivity (Wildman–Crippen MR) is 68.5 cm³/mol. The van der Waals surface area contributed by atoms with Crippen LogP contribution in [0.25, 0.3) is 0 Å². The number of benzene rings is 1. The van der Waals surface area contributed by atoms with Gasteiger partial charge in [-0.15, -0.1) is 4.48 Å². The minimum atomic E-state index is -1.11. The molecule has 0 unspecified atom stereocenters. The van der Waals surface area contributed by atoms with Crippen molar-refractivity contribution in [2.75, 3.05) is 13.1 Å². The number of quaternary nitrogens is 1. The highest BCUT2D eigenvalue weighted by Crippen LogP contribution is 2.21. The minimum Gasteiger partial charge on any atom is -0.435 e. The number of hydrogen-bond acceptors (Lipinski definition) is 3. The highest BCUT2D eigenvalue weighted by Gasteiger charge is 2.48. The number of imide groups is 1. The fourth-order valence-corrected chi connectivity index (χ4v) is 2.35. The van der Waals surface area contributed by atoms with Crippen molar-refractivity contribution in [1.29, 1.82) is 0 Å². The monoisotopic (exact) mass is 264 g/mol. The van der Waals surface area contributed by atoms with Gasteiger partial charge in [0.05, 0.1) is 13.1 Å². The summed E-state index contributed by atoms with van der Waals surface area (Å²) in [5.41, 5.74) is 0.858. The molecule has 2 rings (SSSR count). The molecule has 19 heavy (non-hydrogen) atoms. The second-order valence-corrected chi connectivity index (χ2v) is 4.80. The van der Waals surface area contributed by atoms with Crippen LogP contribution in [-0.4, -0.2) is 34.9 Å². The molecular formula is C14H18NO4+.